The van der Waals surface area contributed by atoms with E-state index in [0.717, 1.165) is 56.9 Å². The lowest BCUT2D eigenvalue weighted by Crippen LogP contribution is -2.34. The first-order chi connectivity index (χ1) is 15.1. The minimum absolute atomic E-state index is 0.0724. The lowest BCUT2D eigenvalue weighted by Gasteiger charge is -2.15. The fraction of sp³-hybridized carbons (Fsp3) is 0.435. The molecule has 1 saturated carbocycles. The molecule has 0 radical (unpaired) electrons. The maximum Gasteiger partial charge on any atom is 0.267 e. The number of aromatic nitrogens is 2. The van der Waals surface area contributed by atoms with Crippen molar-refractivity contribution in [2.75, 3.05) is 5.75 Å². The van der Waals surface area contributed by atoms with Crippen LogP contribution in [0.25, 0.3) is 15.9 Å². The second-order valence-corrected chi connectivity index (χ2v) is 10.2. The van der Waals surface area contributed by atoms with E-state index < -0.39 is 5.82 Å². The molecule has 1 amide bonds. The van der Waals surface area contributed by atoms with Crippen LogP contribution in [0.4, 0.5) is 4.39 Å². The van der Waals surface area contributed by atoms with Crippen LogP contribution in [0.3, 0.4) is 0 Å². The van der Waals surface area contributed by atoms with E-state index in [1.807, 2.05) is 0 Å². The van der Waals surface area contributed by atoms with Crippen LogP contribution in [-0.2, 0) is 17.6 Å². The quantitative estimate of drug-likeness (QED) is 0.449. The monoisotopic (exact) mass is 457 g/mol. The Labute approximate surface area is 188 Å². The summed E-state index contributed by atoms with van der Waals surface area (Å²) in [4.78, 5) is 32.8. The van der Waals surface area contributed by atoms with Crippen LogP contribution in [0.15, 0.2) is 34.2 Å². The van der Waals surface area contributed by atoms with Crippen LogP contribution >= 0.6 is 23.1 Å². The van der Waals surface area contributed by atoms with Crippen molar-refractivity contribution < 1.29 is 9.18 Å². The molecule has 0 saturated heterocycles. The maximum absolute atomic E-state index is 14.7. The van der Waals surface area contributed by atoms with Crippen molar-refractivity contribution in [2.45, 2.75) is 62.6 Å². The Balaban J connectivity index is 1.55. The summed E-state index contributed by atoms with van der Waals surface area (Å²) >= 11 is 2.76. The van der Waals surface area contributed by atoms with Crippen LogP contribution in [0.5, 0.6) is 0 Å². The molecule has 0 atom stereocenters. The third-order valence-electron chi connectivity index (χ3n) is 6.10. The molecule has 0 bridgehead atoms. The largest absolute Gasteiger partial charge is 0.353 e. The van der Waals surface area contributed by atoms with Crippen molar-refractivity contribution in [1.82, 2.24) is 14.9 Å². The van der Waals surface area contributed by atoms with Gasteiger partial charge in [-0.1, -0.05) is 36.7 Å². The number of rotatable bonds is 5. The molecular weight excluding hydrogens is 433 g/mol. The predicted molar refractivity (Wildman–Crippen MR) is 123 cm³/mol. The highest BCUT2D eigenvalue weighted by Crippen LogP contribution is 2.35. The van der Waals surface area contributed by atoms with E-state index in [1.54, 1.807) is 29.5 Å². The summed E-state index contributed by atoms with van der Waals surface area (Å²) in [5, 5.41) is 4.04. The zero-order chi connectivity index (χ0) is 21.4. The normalized spacial score (nSPS) is 16.5. The molecule has 0 spiro atoms. The van der Waals surface area contributed by atoms with Crippen LogP contribution in [0.1, 0.15) is 49.0 Å². The van der Waals surface area contributed by atoms with Crippen molar-refractivity contribution in [3.05, 3.63) is 50.9 Å². The molecule has 2 heterocycles. The first-order valence-corrected chi connectivity index (χ1v) is 12.7. The average Bonchev–Trinajstić information content (AvgIpc) is 3.40. The van der Waals surface area contributed by atoms with Gasteiger partial charge in [0, 0.05) is 10.9 Å². The van der Waals surface area contributed by atoms with E-state index in [1.165, 1.54) is 27.3 Å². The smallest absolute Gasteiger partial charge is 0.267 e. The van der Waals surface area contributed by atoms with Crippen molar-refractivity contribution >= 4 is 39.2 Å². The van der Waals surface area contributed by atoms with Crippen LogP contribution in [0, 0.1) is 5.82 Å². The first-order valence-electron chi connectivity index (χ1n) is 10.9. The molecule has 2 aromatic heterocycles. The number of aryl methyl sites for hydroxylation is 2. The van der Waals surface area contributed by atoms with Crippen LogP contribution in [-0.4, -0.2) is 27.3 Å². The average molecular weight is 458 g/mol. The lowest BCUT2D eigenvalue weighted by molar-refractivity contribution is -0.119. The van der Waals surface area contributed by atoms with Crippen molar-refractivity contribution in [3.8, 4) is 5.69 Å². The number of thioether (sulfide) groups is 1. The number of thiophene rings is 1. The summed E-state index contributed by atoms with van der Waals surface area (Å²) in [7, 11) is 0. The van der Waals surface area contributed by atoms with Gasteiger partial charge in [-0.25, -0.2) is 9.37 Å². The highest BCUT2D eigenvalue weighted by molar-refractivity contribution is 7.99. The number of carbonyl (C=O) groups is 1. The van der Waals surface area contributed by atoms with E-state index in [0.29, 0.717) is 15.4 Å². The zero-order valence-corrected chi connectivity index (χ0v) is 18.8. The number of fused-ring (bicyclic) bond motifs is 3. The number of nitrogens with one attached hydrogen (secondary N) is 1. The molecule has 2 aliphatic carbocycles. The number of halogens is 1. The minimum Gasteiger partial charge on any atom is -0.353 e. The standard InChI is InChI=1S/C23H24FN3O2S2/c24-16-10-4-5-11-17(16)27-22(29)20-15-9-3-6-12-18(15)31-21(20)26-23(27)30-13-19(28)25-14-7-1-2-8-14/h4-5,10-11,14H,1-3,6-9,12-13H2,(H,25,28). The van der Waals surface area contributed by atoms with Gasteiger partial charge in [0.25, 0.3) is 5.56 Å². The summed E-state index contributed by atoms with van der Waals surface area (Å²) < 4.78 is 16.1. The molecule has 1 fully saturated rings. The molecule has 8 heteroatoms. The summed E-state index contributed by atoms with van der Waals surface area (Å²) in [6.07, 6.45) is 8.31. The predicted octanol–water partition coefficient (Wildman–Crippen LogP) is 4.62. The van der Waals surface area contributed by atoms with Gasteiger partial charge in [0.2, 0.25) is 5.91 Å². The maximum atomic E-state index is 14.7. The number of benzene rings is 1. The molecule has 5 nitrogen and oxygen atoms in total. The molecule has 0 unspecified atom stereocenters. The van der Waals surface area contributed by atoms with Gasteiger partial charge in [-0.3, -0.25) is 14.2 Å². The molecule has 1 N–H and O–H groups in total. The van der Waals surface area contributed by atoms with Gasteiger partial charge in [0.05, 0.1) is 16.8 Å². The van der Waals surface area contributed by atoms with Gasteiger partial charge in [-0.2, -0.15) is 0 Å². The van der Waals surface area contributed by atoms with E-state index >= 15 is 0 Å². The van der Waals surface area contributed by atoms with Crippen molar-refractivity contribution in [1.29, 1.82) is 0 Å². The molecule has 1 aromatic carbocycles. The van der Waals surface area contributed by atoms with Gasteiger partial charge in [-0.15, -0.1) is 11.3 Å². The minimum atomic E-state index is -0.480. The first kappa shape index (κ1) is 20.7. The number of nitrogens with zero attached hydrogens (tertiary/aromatic N) is 2. The van der Waals surface area contributed by atoms with E-state index in [4.69, 9.17) is 4.98 Å². The third-order valence-corrected chi connectivity index (χ3v) is 8.23. The van der Waals surface area contributed by atoms with E-state index in [2.05, 4.69) is 5.32 Å². The molecule has 2 aliphatic rings. The van der Waals surface area contributed by atoms with Crippen LogP contribution in [0.2, 0.25) is 0 Å². The number of carbonyl (C=O) groups excluding carboxylic acids is 1. The molecule has 5 rings (SSSR count). The number of hydrogen-bond acceptors (Lipinski definition) is 5. The third kappa shape index (κ3) is 4.03. The Morgan fingerprint density at radius 2 is 1.97 bits per heavy atom. The number of hydrogen-bond donors (Lipinski definition) is 1. The zero-order valence-electron chi connectivity index (χ0n) is 17.2. The van der Waals surface area contributed by atoms with Gasteiger partial charge in [0.15, 0.2) is 5.16 Å². The summed E-state index contributed by atoms with van der Waals surface area (Å²) in [6, 6.07) is 6.48. The Hall–Kier alpha value is -2.19. The van der Waals surface area contributed by atoms with Crippen molar-refractivity contribution in [3.63, 3.8) is 0 Å². The van der Waals surface area contributed by atoms with Crippen LogP contribution < -0.4 is 10.9 Å². The molecule has 3 aromatic rings. The molecule has 162 valence electrons. The molecule has 31 heavy (non-hydrogen) atoms. The Bertz CT molecular complexity index is 1200. The number of amides is 1. The Kier molecular flexibility index (Phi) is 5.84. The van der Waals surface area contributed by atoms with Gasteiger partial charge >= 0.3 is 0 Å². The SMILES string of the molecule is O=C(CSc1nc2sc3c(c2c(=O)n1-c1ccccc1F)CCCC3)NC1CCCC1. The summed E-state index contributed by atoms with van der Waals surface area (Å²) in [5.74, 6) is -0.405. The highest BCUT2D eigenvalue weighted by Gasteiger charge is 2.24. The Morgan fingerprint density at radius 3 is 2.77 bits per heavy atom. The second kappa shape index (κ2) is 8.74. The Morgan fingerprint density at radius 1 is 1.19 bits per heavy atom. The van der Waals surface area contributed by atoms with Gasteiger partial charge in [-0.05, 0) is 56.2 Å². The molecular formula is C23H24FN3O2S2. The fourth-order valence-electron chi connectivity index (χ4n) is 4.60. The van der Waals surface area contributed by atoms with Crippen molar-refractivity contribution in [2.24, 2.45) is 0 Å². The van der Waals surface area contributed by atoms with Gasteiger partial charge in [0.1, 0.15) is 10.6 Å². The molecule has 0 aliphatic heterocycles. The highest BCUT2D eigenvalue weighted by atomic mass is 32.2. The van der Waals surface area contributed by atoms with E-state index in [9.17, 15) is 14.0 Å². The lowest BCUT2D eigenvalue weighted by atomic mass is 9.97. The summed E-state index contributed by atoms with van der Waals surface area (Å²) in [6.45, 7) is 0. The fourth-order valence-corrected chi connectivity index (χ4v) is 6.72. The second-order valence-electron chi connectivity index (χ2n) is 8.21. The van der Waals surface area contributed by atoms with Gasteiger partial charge < -0.3 is 5.32 Å². The topological polar surface area (TPSA) is 64.0 Å². The number of para-hydroxylation sites is 1. The van der Waals surface area contributed by atoms with E-state index in [-0.39, 0.29) is 28.9 Å². The summed E-state index contributed by atoms with van der Waals surface area (Å²) in [5.41, 5.74) is 1.01.